The Morgan fingerprint density at radius 2 is 1.88 bits per heavy atom. The number of hydrogen-bond donors (Lipinski definition) is 2. The van der Waals surface area contributed by atoms with Crippen LogP contribution in [0.4, 0.5) is 0 Å². The Kier molecular flexibility index (Phi) is 6.05. The highest BCUT2D eigenvalue weighted by Gasteiger charge is 2.27. The predicted molar refractivity (Wildman–Crippen MR) is 98.7 cm³/mol. The number of carbonyl (C=O) groups is 1. The molecule has 2 N–H and O–H groups in total. The number of halogens is 1. The molecule has 1 atom stereocenters. The van der Waals surface area contributed by atoms with E-state index in [1.807, 2.05) is 48.7 Å². The Hall–Kier alpha value is -1.91. The fraction of sp³-hybridized carbons (Fsp3) is 0.400. The maximum atomic E-state index is 11.1. The molecule has 0 amide bonds. The molecule has 3 rings (SSSR count). The van der Waals surface area contributed by atoms with Crippen LogP contribution < -0.4 is 5.32 Å². The highest BCUT2D eigenvalue weighted by molar-refractivity contribution is 6.30. The molecule has 0 spiro atoms. The number of nitrogens with zero attached hydrogens (tertiary/aromatic N) is 1. The zero-order valence-corrected chi connectivity index (χ0v) is 14.8. The highest BCUT2D eigenvalue weighted by atomic mass is 35.5. The third-order valence-electron chi connectivity index (χ3n) is 4.91. The first-order valence-corrected chi connectivity index (χ1v) is 9.14. The van der Waals surface area contributed by atoms with Crippen molar-refractivity contribution >= 4 is 17.6 Å². The third kappa shape index (κ3) is 5.03. The summed E-state index contributed by atoms with van der Waals surface area (Å²) in [6.07, 6.45) is 5.90. The van der Waals surface area contributed by atoms with Gasteiger partial charge in [-0.1, -0.05) is 29.8 Å². The van der Waals surface area contributed by atoms with E-state index in [1.165, 1.54) is 5.56 Å². The molecule has 1 heterocycles. The summed E-state index contributed by atoms with van der Waals surface area (Å²) in [5, 5.41) is 13.6. The fourth-order valence-electron chi connectivity index (χ4n) is 3.48. The van der Waals surface area contributed by atoms with Gasteiger partial charge in [-0.3, -0.25) is 9.78 Å². The molecule has 132 valence electrons. The van der Waals surface area contributed by atoms with Gasteiger partial charge in [0.25, 0.3) is 0 Å². The standard InChI is InChI=1S/C20H23ClN2O2/c21-16-8-4-14(5-9-16)13-19(18-3-1-2-12-22-18)23-17-10-6-15(7-11-17)20(24)25/h1-5,8-9,12,15,17,19,23H,6-7,10-11,13H2,(H,24,25). The van der Waals surface area contributed by atoms with Gasteiger partial charge in [-0.2, -0.15) is 0 Å². The summed E-state index contributed by atoms with van der Waals surface area (Å²) in [5.74, 6) is -0.858. The summed E-state index contributed by atoms with van der Waals surface area (Å²) in [7, 11) is 0. The number of pyridine rings is 1. The smallest absolute Gasteiger partial charge is 0.306 e. The van der Waals surface area contributed by atoms with E-state index in [0.29, 0.717) is 6.04 Å². The molecule has 25 heavy (non-hydrogen) atoms. The zero-order chi connectivity index (χ0) is 17.6. The predicted octanol–water partition coefficient (Wildman–Crippen LogP) is 4.25. The first kappa shape index (κ1) is 17.9. The molecule has 2 aromatic rings. The van der Waals surface area contributed by atoms with Gasteiger partial charge < -0.3 is 10.4 Å². The number of rotatable bonds is 6. The number of carboxylic acids is 1. The van der Waals surface area contributed by atoms with Crippen LogP contribution in [0, 0.1) is 5.92 Å². The molecule has 1 aliphatic rings. The Morgan fingerprint density at radius 3 is 2.48 bits per heavy atom. The van der Waals surface area contributed by atoms with Crippen LogP contribution in [0.15, 0.2) is 48.7 Å². The van der Waals surface area contributed by atoms with E-state index in [1.54, 1.807) is 0 Å². The van der Waals surface area contributed by atoms with Crippen LogP contribution in [-0.4, -0.2) is 22.1 Å². The second-order valence-electron chi connectivity index (χ2n) is 6.69. The molecule has 1 aromatic carbocycles. The van der Waals surface area contributed by atoms with E-state index in [0.717, 1.165) is 42.8 Å². The van der Waals surface area contributed by atoms with E-state index in [9.17, 15) is 4.79 Å². The Balaban J connectivity index is 1.69. The van der Waals surface area contributed by atoms with Crippen LogP contribution in [0.5, 0.6) is 0 Å². The van der Waals surface area contributed by atoms with E-state index >= 15 is 0 Å². The van der Waals surface area contributed by atoms with Gasteiger partial charge in [0.15, 0.2) is 0 Å². The van der Waals surface area contributed by atoms with Gasteiger partial charge in [0.1, 0.15) is 0 Å². The summed E-state index contributed by atoms with van der Waals surface area (Å²) in [4.78, 5) is 15.7. The molecule has 1 aromatic heterocycles. The molecule has 1 aliphatic carbocycles. The van der Waals surface area contributed by atoms with Crippen molar-refractivity contribution in [2.24, 2.45) is 5.92 Å². The van der Waals surface area contributed by atoms with E-state index < -0.39 is 5.97 Å². The summed E-state index contributed by atoms with van der Waals surface area (Å²) in [6, 6.07) is 14.3. The van der Waals surface area contributed by atoms with Crippen molar-refractivity contribution in [1.29, 1.82) is 0 Å². The number of benzene rings is 1. The summed E-state index contributed by atoms with van der Waals surface area (Å²) in [5.41, 5.74) is 2.21. The summed E-state index contributed by atoms with van der Waals surface area (Å²) >= 11 is 5.98. The van der Waals surface area contributed by atoms with E-state index in [2.05, 4.69) is 10.3 Å². The van der Waals surface area contributed by atoms with Crippen LogP contribution in [0.1, 0.15) is 43.0 Å². The van der Waals surface area contributed by atoms with Gasteiger partial charge in [-0.05, 0) is 61.9 Å². The topological polar surface area (TPSA) is 62.2 Å². The number of carboxylic acid groups (broad SMARTS) is 1. The number of nitrogens with one attached hydrogen (secondary N) is 1. The number of hydrogen-bond acceptors (Lipinski definition) is 3. The van der Waals surface area contributed by atoms with Gasteiger partial charge in [0.2, 0.25) is 0 Å². The van der Waals surface area contributed by atoms with Gasteiger partial charge in [-0.15, -0.1) is 0 Å². The molecule has 1 unspecified atom stereocenters. The lowest BCUT2D eigenvalue weighted by Gasteiger charge is -2.30. The number of aliphatic carboxylic acids is 1. The van der Waals surface area contributed by atoms with Crippen molar-refractivity contribution < 1.29 is 9.90 Å². The van der Waals surface area contributed by atoms with Crippen LogP contribution in [-0.2, 0) is 11.2 Å². The highest BCUT2D eigenvalue weighted by Crippen LogP contribution is 2.27. The maximum Gasteiger partial charge on any atom is 0.306 e. The van der Waals surface area contributed by atoms with Crippen LogP contribution in [0.2, 0.25) is 5.02 Å². The quantitative estimate of drug-likeness (QED) is 0.810. The molecule has 0 bridgehead atoms. The van der Waals surface area contributed by atoms with Crippen molar-refractivity contribution in [2.75, 3.05) is 0 Å². The van der Waals surface area contributed by atoms with Crippen LogP contribution in [0.25, 0.3) is 0 Å². The largest absolute Gasteiger partial charge is 0.481 e. The first-order valence-electron chi connectivity index (χ1n) is 8.76. The summed E-state index contributed by atoms with van der Waals surface area (Å²) < 4.78 is 0. The van der Waals surface area contributed by atoms with Crippen molar-refractivity contribution in [1.82, 2.24) is 10.3 Å². The fourth-order valence-corrected chi connectivity index (χ4v) is 3.60. The van der Waals surface area contributed by atoms with E-state index in [4.69, 9.17) is 16.7 Å². The lowest BCUT2D eigenvalue weighted by atomic mass is 9.85. The lowest BCUT2D eigenvalue weighted by molar-refractivity contribution is -0.142. The van der Waals surface area contributed by atoms with Crippen molar-refractivity contribution in [3.05, 3.63) is 64.9 Å². The van der Waals surface area contributed by atoms with Crippen LogP contribution in [0.3, 0.4) is 0 Å². The molecule has 0 aliphatic heterocycles. The first-order chi connectivity index (χ1) is 12.1. The van der Waals surface area contributed by atoms with Crippen molar-refractivity contribution in [3.63, 3.8) is 0 Å². The molecular formula is C20H23ClN2O2. The minimum atomic E-state index is -0.666. The van der Waals surface area contributed by atoms with E-state index in [-0.39, 0.29) is 12.0 Å². The normalized spacial score (nSPS) is 21.6. The van der Waals surface area contributed by atoms with Gasteiger partial charge in [0, 0.05) is 17.3 Å². The second kappa shape index (κ2) is 8.45. The lowest BCUT2D eigenvalue weighted by Crippen LogP contribution is -2.38. The maximum absolute atomic E-state index is 11.1. The molecule has 0 saturated heterocycles. The van der Waals surface area contributed by atoms with Gasteiger partial charge in [-0.25, -0.2) is 0 Å². The second-order valence-corrected chi connectivity index (χ2v) is 7.13. The van der Waals surface area contributed by atoms with Crippen molar-refractivity contribution in [3.8, 4) is 0 Å². The third-order valence-corrected chi connectivity index (χ3v) is 5.16. The molecule has 4 nitrogen and oxygen atoms in total. The number of aromatic nitrogens is 1. The molecular weight excluding hydrogens is 336 g/mol. The molecule has 5 heteroatoms. The summed E-state index contributed by atoms with van der Waals surface area (Å²) in [6.45, 7) is 0. The zero-order valence-electron chi connectivity index (χ0n) is 14.1. The van der Waals surface area contributed by atoms with Gasteiger partial charge >= 0.3 is 5.97 Å². The monoisotopic (exact) mass is 358 g/mol. The average Bonchev–Trinajstić information content (AvgIpc) is 2.64. The molecule has 1 fully saturated rings. The molecule has 0 radical (unpaired) electrons. The average molecular weight is 359 g/mol. The SMILES string of the molecule is O=C(O)C1CCC(NC(Cc2ccc(Cl)cc2)c2ccccn2)CC1. The minimum Gasteiger partial charge on any atom is -0.481 e. The van der Waals surface area contributed by atoms with Gasteiger partial charge in [0.05, 0.1) is 17.7 Å². The Morgan fingerprint density at radius 1 is 1.16 bits per heavy atom. The Labute approximate surface area is 153 Å². The minimum absolute atomic E-state index is 0.105. The van der Waals surface area contributed by atoms with Crippen LogP contribution >= 0.6 is 11.6 Å². The molecule has 1 saturated carbocycles. The Bertz CT molecular complexity index is 683. The van der Waals surface area contributed by atoms with Crippen molar-refractivity contribution in [2.45, 2.75) is 44.2 Å².